The Morgan fingerprint density at radius 3 is 2.16 bits per heavy atom. The van der Waals surface area contributed by atoms with Crippen LogP contribution in [0.25, 0.3) is 10.2 Å². The van der Waals surface area contributed by atoms with E-state index in [1.54, 1.807) is 14.2 Å². The van der Waals surface area contributed by atoms with Crippen molar-refractivity contribution < 1.29 is 19.0 Å². The van der Waals surface area contributed by atoms with Gasteiger partial charge in [-0.2, -0.15) is 4.99 Å². The average molecular weight is 433 g/mol. The molecule has 1 amide bonds. The smallest absolute Gasteiger partial charge is 0.260 e. The molecule has 7 heteroatoms. The van der Waals surface area contributed by atoms with Crippen LogP contribution >= 0.6 is 11.3 Å². The van der Waals surface area contributed by atoms with E-state index in [1.165, 1.54) is 11.3 Å². The molecule has 0 unspecified atom stereocenters. The normalized spacial score (nSPS) is 13.5. The predicted octanol–water partition coefficient (Wildman–Crippen LogP) is 4.62. The molecule has 1 aliphatic rings. The summed E-state index contributed by atoms with van der Waals surface area (Å²) >= 11 is 1.44. The van der Waals surface area contributed by atoms with Crippen molar-refractivity contribution in [2.24, 2.45) is 12.0 Å². The van der Waals surface area contributed by atoms with Crippen LogP contribution in [0.4, 0.5) is 0 Å². The molecule has 1 aliphatic heterocycles. The summed E-state index contributed by atoms with van der Waals surface area (Å²) in [7, 11) is 5.10. The van der Waals surface area contributed by atoms with E-state index < -0.39 is 5.92 Å². The number of nitrogens with zero attached hydrogens (tertiary/aromatic N) is 2. The van der Waals surface area contributed by atoms with Gasteiger partial charge in [-0.05, 0) is 12.1 Å². The molecule has 2 heterocycles. The lowest BCUT2D eigenvalue weighted by Crippen LogP contribution is -2.21. The van der Waals surface area contributed by atoms with Gasteiger partial charge in [-0.1, -0.05) is 47.7 Å². The zero-order valence-corrected chi connectivity index (χ0v) is 18.1. The highest BCUT2D eigenvalue weighted by atomic mass is 32.1. The van der Waals surface area contributed by atoms with Crippen molar-refractivity contribution in [3.8, 4) is 23.0 Å². The predicted molar refractivity (Wildman–Crippen MR) is 119 cm³/mol. The molecule has 3 aromatic carbocycles. The minimum absolute atomic E-state index is 0.232. The number of aryl methyl sites for hydroxylation is 1. The molecule has 0 radical (unpaired) electrons. The number of ether oxygens (including phenoxy) is 3. The first-order valence-corrected chi connectivity index (χ1v) is 10.6. The number of thiazole rings is 1. The van der Waals surface area contributed by atoms with Crippen LogP contribution in [0, 0.1) is 0 Å². The van der Waals surface area contributed by atoms with E-state index in [0.29, 0.717) is 27.8 Å². The molecule has 0 saturated carbocycles. The number of carbonyl (C=O) groups is 1. The van der Waals surface area contributed by atoms with Gasteiger partial charge in [0.05, 0.1) is 30.4 Å². The van der Waals surface area contributed by atoms with Crippen LogP contribution in [0.2, 0.25) is 0 Å². The van der Waals surface area contributed by atoms with Crippen molar-refractivity contribution in [1.82, 2.24) is 4.57 Å². The van der Waals surface area contributed by atoms with Crippen LogP contribution in [0.5, 0.6) is 23.0 Å². The van der Waals surface area contributed by atoms with E-state index in [4.69, 9.17) is 14.2 Å². The van der Waals surface area contributed by atoms with Crippen LogP contribution in [0.15, 0.2) is 65.7 Å². The first kappa shape index (κ1) is 19.4. The molecule has 156 valence electrons. The molecule has 0 spiro atoms. The molecule has 0 fully saturated rings. The minimum Gasteiger partial charge on any atom is -0.493 e. The first-order chi connectivity index (χ1) is 15.1. The van der Waals surface area contributed by atoms with Gasteiger partial charge < -0.3 is 18.8 Å². The Labute approximate surface area is 183 Å². The Bertz CT molecular complexity index is 1340. The summed E-state index contributed by atoms with van der Waals surface area (Å²) in [5.41, 5.74) is 2.56. The zero-order chi connectivity index (χ0) is 21.5. The molecule has 0 bridgehead atoms. The third kappa shape index (κ3) is 3.18. The topological polar surface area (TPSA) is 62.0 Å². The van der Waals surface area contributed by atoms with Crippen LogP contribution in [0.3, 0.4) is 0 Å². The van der Waals surface area contributed by atoms with Gasteiger partial charge in [0.15, 0.2) is 16.3 Å². The molecule has 31 heavy (non-hydrogen) atoms. The quantitative estimate of drug-likeness (QED) is 0.474. The maximum absolute atomic E-state index is 13.5. The van der Waals surface area contributed by atoms with Crippen molar-refractivity contribution in [3.05, 3.63) is 76.6 Å². The molecule has 0 N–H and O–H groups in total. The fourth-order valence-corrected chi connectivity index (χ4v) is 4.93. The van der Waals surface area contributed by atoms with Gasteiger partial charge in [-0.25, -0.2) is 0 Å². The van der Waals surface area contributed by atoms with Crippen molar-refractivity contribution >= 4 is 27.5 Å². The lowest BCUT2D eigenvalue weighted by Gasteiger charge is -2.25. The standard InChI is InChI=1S/C24H20N2O4S/c1-26-16-12-19(28-2)20(29-3)13-21(16)31-24(26)25-23(27)22-14-8-4-6-10-17(14)30-18-11-7-5-9-15(18)22/h4-13,22H,1-3H3. The van der Waals surface area contributed by atoms with Gasteiger partial charge in [-0.15, -0.1) is 0 Å². The van der Waals surface area contributed by atoms with Crippen LogP contribution in [0.1, 0.15) is 17.0 Å². The number of carbonyl (C=O) groups excluding carboxylic acids is 1. The van der Waals surface area contributed by atoms with E-state index in [0.717, 1.165) is 21.3 Å². The minimum atomic E-state index is -0.518. The molecule has 0 atom stereocenters. The molecule has 1 aromatic heterocycles. The third-order valence-electron chi connectivity index (χ3n) is 5.45. The number of methoxy groups -OCH3 is 2. The summed E-state index contributed by atoms with van der Waals surface area (Å²) in [5.74, 6) is 1.89. The number of benzene rings is 3. The largest absolute Gasteiger partial charge is 0.493 e. The maximum atomic E-state index is 13.5. The number of rotatable bonds is 3. The second kappa shape index (κ2) is 7.59. The molecule has 5 rings (SSSR count). The van der Waals surface area contributed by atoms with Crippen molar-refractivity contribution in [1.29, 1.82) is 0 Å². The number of aromatic nitrogens is 1. The Morgan fingerprint density at radius 1 is 0.968 bits per heavy atom. The van der Waals surface area contributed by atoms with Gasteiger partial charge in [-0.3, -0.25) is 4.79 Å². The first-order valence-electron chi connectivity index (χ1n) is 9.76. The Balaban J connectivity index is 1.65. The fraction of sp³-hybridized carbons (Fsp3) is 0.167. The summed E-state index contributed by atoms with van der Waals surface area (Å²) in [5, 5.41) is 0. The Kier molecular flexibility index (Phi) is 4.75. The molecular formula is C24H20N2O4S. The molecular weight excluding hydrogens is 412 g/mol. The zero-order valence-electron chi connectivity index (χ0n) is 17.3. The van der Waals surface area contributed by atoms with Gasteiger partial charge >= 0.3 is 0 Å². The van der Waals surface area contributed by atoms with Crippen LogP contribution in [-0.2, 0) is 11.8 Å². The van der Waals surface area contributed by atoms with Gasteiger partial charge in [0.2, 0.25) is 0 Å². The molecule has 4 aromatic rings. The van der Waals surface area contributed by atoms with E-state index in [-0.39, 0.29) is 5.91 Å². The highest BCUT2D eigenvalue weighted by Crippen LogP contribution is 2.44. The van der Waals surface area contributed by atoms with E-state index in [9.17, 15) is 4.79 Å². The van der Waals surface area contributed by atoms with Gasteiger partial charge in [0, 0.05) is 30.3 Å². The number of hydrogen-bond acceptors (Lipinski definition) is 5. The summed E-state index contributed by atoms with van der Waals surface area (Å²) < 4.78 is 19.7. The molecule has 6 nitrogen and oxygen atoms in total. The monoisotopic (exact) mass is 432 g/mol. The van der Waals surface area contributed by atoms with Crippen LogP contribution < -0.4 is 19.0 Å². The highest BCUT2D eigenvalue weighted by Gasteiger charge is 2.32. The van der Waals surface area contributed by atoms with Gasteiger partial charge in [0.25, 0.3) is 5.91 Å². The molecule has 0 saturated heterocycles. The van der Waals surface area contributed by atoms with Crippen molar-refractivity contribution in [3.63, 3.8) is 0 Å². The van der Waals surface area contributed by atoms with Crippen molar-refractivity contribution in [2.75, 3.05) is 14.2 Å². The lowest BCUT2D eigenvalue weighted by atomic mass is 9.87. The summed E-state index contributed by atoms with van der Waals surface area (Å²) in [6.07, 6.45) is 0. The number of hydrogen-bond donors (Lipinski definition) is 0. The van der Waals surface area contributed by atoms with Gasteiger partial charge in [0.1, 0.15) is 11.5 Å². The SMILES string of the molecule is COc1cc2sc(=NC(=O)C3c4ccccc4Oc4ccccc43)n(C)c2cc1OC. The molecule has 0 aliphatic carbocycles. The Morgan fingerprint density at radius 2 is 1.55 bits per heavy atom. The maximum Gasteiger partial charge on any atom is 0.260 e. The fourth-order valence-electron chi connectivity index (χ4n) is 3.90. The third-order valence-corrected chi connectivity index (χ3v) is 6.54. The van der Waals surface area contributed by atoms with Crippen LogP contribution in [-0.4, -0.2) is 24.7 Å². The lowest BCUT2D eigenvalue weighted by molar-refractivity contribution is -0.118. The summed E-state index contributed by atoms with van der Waals surface area (Å²) in [6, 6.07) is 19.0. The van der Waals surface area contributed by atoms with E-state index in [1.807, 2.05) is 72.3 Å². The highest BCUT2D eigenvalue weighted by molar-refractivity contribution is 7.16. The van der Waals surface area contributed by atoms with E-state index in [2.05, 4.69) is 4.99 Å². The second-order valence-corrected chi connectivity index (χ2v) is 8.19. The summed E-state index contributed by atoms with van der Waals surface area (Å²) in [4.78, 5) is 18.6. The second-order valence-electron chi connectivity index (χ2n) is 7.18. The van der Waals surface area contributed by atoms with E-state index >= 15 is 0 Å². The number of amides is 1. The Hall–Kier alpha value is -3.58. The number of para-hydroxylation sites is 2. The average Bonchev–Trinajstić information content (AvgIpc) is 3.10. The summed E-state index contributed by atoms with van der Waals surface area (Å²) in [6.45, 7) is 0. The number of fused-ring (bicyclic) bond motifs is 3. The van der Waals surface area contributed by atoms with Crippen molar-refractivity contribution in [2.45, 2.75) is 5.92 Å².